The smallest absolute Gasteiger partial charge is 0.269 e. The Labute approximate surface area is 130 Å². The van der Waals surface area contributed by atoms with Gasteiger partial charge in [-0.2, -0.15) is 0 Å². The Morgan fingerprint density at radius 2 is 1.59 bits per heavy atom. The number of hydrogen-bond donors (Lipinski definition) is 2. The first kappa shape index (κ1) is 14.1. The highest BCUT2D eigenvalue weighted by molar-refractivity contribution is 5.93. The number of carbonyl (C=O) groups is 1. The van der Waals surface area contributed by atoms with Crippen molar-refractivity contribution in [1.82, 2.24) is 9.78 Å². The van der Waals surface area contributed by atoms with Gasteiger partial charge < -0.3 is 5.32 Å². The number of fused-ring (bicyclic) bond motifs is 1. The highest BCUT2D eigenvalue weighted by Crippen LogP contribution is 2.43. The maximum Gasteiger partial charge on any atom is 0.269 e. The predicted octanol–water partition coefficient (Wildman–Crippen LogP) is 3.30. The number of aromatic nitrogens is 2. The lowest BCUT2D eigenvalue weighted by molar-refractivity contribution is -0.117. The zero-order valence-corrected chi connectivity index (χ0v) is 13.1. The first-order valence-corrected chi connectivity index (χ1v) is 8.88. The summed E-state index contributed by atoms with van der Waals surface area (Å²) >= 11 is 0. The Hall–Kier alpha value is -1.52. The molecule has 0 bridgehead atoms. The van der Waals surface area contributed by atoms with Gasteiger partial charge in [0.25, 0.3) is 5.56 Å². The fourth-order valence-corrected chi connectivity index (χ4v) is 4.79. The zero-order chi connectivity index (χ0) is 15.1. The van der Waals surface area contributed by atoms with E-state index in [1.165, 1.54) is 32.1 Å². The van der Waals surface area contributed by atoms with Gasteiger partial charge in [-0.1, -0.05) is 32.1 Å². The summed E-state index contributed by atoms with van der Waals surface area (Å²) in [6.07, 6.45) is 11.2. The van der Waals surface area contributed by atoms with Crippen LogP contribution in [0.3, 0.4) is 0 Å². The van der Waals surface area contributed by atoms with E-state index in [0.717, 1.165) is 37.1 Å². The van der Waals surface area contributed by atoms with E-state index in [0.29, 0.717) is 18.4 Å². The molecule has 4 rings (SSSR count). The second-order valence-electron chi connectivity index (χ2n) is 7.27. The first-order valence-electron chi connectivity index (χ1n) is 8.88. The fourth-order valence-electron chi connectivity index (χ4n) is 4.79. The minimum atomic E-state index is 0.0254. The SMILES string of the molecule is O=C1C[C@@H](C2CCCCC2)c2c(n(C3CCCC3)[nH]c2=O)N1. The third-order valence-electron chi connectivity index (χ3n) is 5.91. The van der Waals surface area contributed by atoms with Gasteiger partial charge in [0.2, 0.25) is 5.91 Å². The van der Waals surface area contributed by atoms with Gasteiger partial charge >= 0.3 is 0 Å². The number of aromatic amines is 1. The molecule has 1 amide bonds. The lowest BCUT2D eigenvalue weighted by Gasteiger charge is -2.32. The molecule has 22 heavy (non-hydrogen) atoms. The van der Waals surface area contributed by atoms with Crippen molar-refractivity contribution in [3.63, 3.8) is 0 Å². The van der Waals surface area contributed by atoms with Crippen LogP contribution in [0.4, 0.5) is 5.82 Å². The monoisotopic (exact) mass is 303 g/mol. The number of nitrogens with one attached hydrogen (secondary N) is 2. The minimum Gasteiger partial charge on any atom is -0.311 e. The molecule has 1 aromatic rings. The van der Waals surface area contributed by atoms with Gasteiger partial charge in [0.15, 0.2) is 0 Å². The summed E-state index contributed by atoms with van der Waals surface area (Å²) in [6, 6.07) is 0.349. The molecule has 5 nitrogen and oxygen atoms in total. The molecule has 0 unspecified atom stereocenters. The summed E-state index contributed by atoms with van der Waals surface area (Å²) in [7, 11) is 0. The second-order valence-corrected chi connectivity index (χ2v) is 7.27. The van der Waals surface area contributed by atoms with Gasteiger partial charge in [0.1, 0.15) is 5.82 Å². The maximum absolute atomic E-state index is 12.6. The van der Waals surface area contributed by atoms with E-state index >= 15 is 0 Å². The van der Waals surface area contributed by atoms with Gasteiger partial charge in [-0.05, 0) is 31.6 Å². The topological polar surface area (TPSA) is 66.9 Å². The molecule has 1 aliphatic heterocycles. The Morgan fingerprint density at radius 1 is 0.909 bits per heavy atom. The van der Waals surface area contributed by atoms with Crippen molar-refractivity contribution in [3.05, 3.63) is 15.9 Å². The maximum atomic E-state index is 12.6. The lowest BCUT2D eigenvalue weighted by Crippen LogP contribution is -2.31. The zero-order valence-electron chi connectivity index (χ0n) is 13.1. The van der Waals surface area contributed by atoms with Crippen molar-refractivity contribution in [3.8, 4) is 0 Å². The summed E-state index contributed by atoms with van der Waals surface area (Å²) in [5, 5.41) is 6.02. The van der Waals surface area contributed by atoms with Crippen LogP contribution in [-0.4, -0.2) is 15.7 Å². The molecule has 2 heterocycles. The lowest BCUT2D eigenvalue weighted by atomic mass is 9.74. The van der Waals surface area contributed by atoms with E-state index in [1.807, 2.05) is 4.68 Å². The predicted molar refractivity (Wildman–Crippen MR) is 85.1 cm³/mol. The molecule has 5 heteroatoms. The van der Waals surface area contributed by atoms with Crippen molar-refractivity contribution in [2.24, 2.45) is 5.92 Å². The van der Waals surface area contributed by atoms with Crippen molar-refractivity contribution < 1.29 is 4.79 Å². The van der Waals surface area contributed by atoms with Crippen LogP contribution in [0.15, 0.2) is 4.79 Å². The molecule has 0 aromatic carbocycles. The number of anilines is 1. The highest BCUT2D eigenvalue weighted by atomic mass is 16.2. The van der Waals surface area contributed by atoms with Crippen LogP contribution in [0, 0.1) is 5.92 Å². The van der Waals surface area contributed by atoms with E-state index in [2.05, 4.69) is 10.4 Å². The number of H-pyrrole nitrogens is 1. The van der Waals surface area contributed by atoms with Gasteiger partial charge in [0.05, 0.1) is 11.6 Å². The largest absolute Gasteiger partial charge is 0.311 e. The molecule has 3 aliphatic rings. The molecule has 2 fully saturated rings. The number of nitrogens with zero attached hydrogens (tertiary/aromatic N) is 1. The molecule has 1 aromatic heterocycles. The molecule has 120 valence electrons. The van der Waals surface area contributed by atoms with E-state index in [1.54, 1.807) is 0 Å². The molecule has 1 atom stereocenters. The average Bonchev–Trinajstić information content (AvgIpc) is 3.16. The van der Waals surface area contributed by atoms with Crippen molar-refractivity contribution in [2.45, 2.75) is 76.2 Å². The first-order chi connectivity index (χ1) is 10.7. The number of hydrogen-bond acceptors (Lipinski definition) is 2. The second kappa shape index (κ2) is 5.60. The Balaban J connectivity index is 1.73. The van der Waals surface area contributed by atoms with Crippen molar-refractivity contribution in [1.29, 1.82) is 0 Å². The van der Waals surface area contributed by atoms with Gasteiger partial charge in [0, 0.05) is 12.3 Å². The Morgan fingerprint density at radius 3 is 2.32 bits per heavy atom. The third-order valence-corrected chi connectivity index (χ3v) is 5.91. The van der Waals surface area contributed by atoms with Crippen LogP contribution in [0.2, 0.25) is 0 Å². The normalized spacial score (nSPS) is 26.9. The van der Waals surface area contributed by atoms with E-state index in [4.69, 9.17) is 0 Å². The van der Waals surface area contributed by atoms with Gasteiger partial charge in [-0.3, -0.25) is 19.4 Å². The van der Waals surface area contributed by atoms with Gasteiger partial charge in [-0.15, -0.1) is 0 Å². The molecule has 0 spiro atoms. The van der Waals surface area contributed by atoms with Crippen LogP contribution in [0.25, 0.3) is 0 Å². The average molecular weight is 303 g/mol. The molecule has 0 saturated heterocycles. The number of amides is 1. The molecular weight excluding hydrogens is 278 g/mol. The highest BCUT2D eigenvalue weighted by Gasteiger charge is 2.37. The van der Waals surface area contributed by atoms with Crippen molar-refractivity contribution >= 4 is 11.7 Å². The quantitative estimate of drug-likeness (QED) is 0.880. The van der Waals surface area contributed by atoms with Crippen LogP contribution < -0.4 is 10.9 Å². The summed E-state index contributed by atoms with van der Waals surface area (Å²) in [6.45, 7) is 0. The molecular formula is C17H25N3O2. The molecule has 0 radical (unpaired) electrons. The van der Waals surface area contributed by atoms with E-state index < -0.39 is 0 Å². The number of carbonyl (C=O) groups excluding carboxylic acids is 1. The summed E-state index contributed by atoms with van der Waals surface area (Å²) in [4.78, 5) is 24.8. The molecule has 2 N–H and O–H groups in total. The minimum absolute atomic E-state index is 0.0254. The Kier molecular flexibility index (Phi) is 3.59. The summed E-state index contributed by atoms with van der Waals surface area (Å²) < 4.78 is 1.97. The molecule has 2 saturated carbocycles. The summed E-state index contributed by atoms with van der Waals surface area (Å²) in [5.41, 5.74) is 0.885. The van der Waals surface area contributed by atoms with Crippen LogP contribution in [0.5, 0.6) is 0 Å². The Bertz CT molecular complexity index is 618. The van der Waals surface area contributed by atoms with Gasteiger partial charge in [-0.25, -0.2) is 0 Å². The summed E-state index contributed by atoms with van der Waals surface area (Å²) in [5.74, 6) is 1.48. The third kappa shape index (κ3) is 2.31. The van der Waals surface area contributed by atoms with Crippen LogP contribution in [0.1, 0.15) is 81.7 Å². The van der Waals surface area contributed by atoms with E-state index in [-0.39, 0.29) is 17.4 Å². The van der Waals surface area contributed by atoms with Crippen molar-refractivity contribution in [2.75, 3.05) is 5.32 Å². The van der Waals surface area contributed by atoms with Crippen LogP contribution >= 0.6 is 0 Å². The number of rotatable bonds is 2. The van der Waals surface area contributed by atoms with E-state index in [9.17, 15) is 9.59 Å². The standard InChI is InChI=1S/C17H25N3O2/c21-14-10-13(11-6-2-1-3-7-11)15-16(18-14)20(19-17(15)22)12-8-4-5-9-12/h11-13H,1-10H2,(H,18,21)(H,19,22)/t13-/m0/s1. The fraction of sp³-hybridized carbons (Fsp3) is 0.765. The van der Waals surface area contributed by atoms with Crippen LogP contribution in [-0.2, 0) is 4.79 Å². The molecule has 2 aliphatic carbocycles.